The zero-order valence-electron chi connectivity index (χ0n) is 17.0. The summed E-state index contributed by atoms with van der Waals surface area (Å²) < 4.78 is 11.2. The van der Waals surface area contributed by atoms with Crippen LogP contribution in [0.5, 0.6) is 11.5 Å². The number of nitrogens with zero attached hydrogens (tertiary/aromatic N) is 1. The van der Waals surface area contributed by atoms with E-state index in [1.54, 1.807) is 11.9 Å². The third kappa shape index (κ3) is 5.28. The Hall–Kier alpha value is -3.02. The van der Waals surface area contributed by atoms with Gasteiger partial charge in [-0.05, 0) is 36.1 Å². The molecule has 0 aliphatic carbocycles. The summed E-state index contributed by atoms with van der Waals surface area (Å²) in [5.41, 5.74) is 2.01. The van der Waals surface area contributed by atoms with Crippen molar-refractivity contribution in [2.45, 2.75) is 38.8 Å². The second-order valence-electron chi connectivity index (χ2n) is 7.02. The minimum Gasteiger partial charge on any atom is -0.486 e. The molecule has 1 aliphatic heterocycles. The van der Waals surface area contributed by atoms with Gasteiger partial charge in [-0.3, -0.25) is 9.59 Å². The van der Waals surface area contributed by atoms with Crippen molar-refractivity contribution in [3.63, 3.8) is 0 Å². The van der Waals surface area contributed by atoms with Crippen LogP contribution in [0.4, 0.5) is 0 Å². The van der Waals surface area contributed by atoms with Crippen molar-refractivity contribution in [1.29, 1.82) is 0 Å². The van der Waals surface area contributed by atoms with Gasteiger partial charge in [-0.2, -0.15) is 0 Å². The van der Waals surface area contributed by atoms with Gasteiger partial charge in [0.05, 0.1) is 0 Å². The van der Waals surface area contributed by atoms with Crippen molar-refractivity contribution in [2.75, 3.05) is 20.3 Å². The number of likely N-dealkylation sites (N-methyl/N-ethyl adjacent to an activating group) is 1. The zero-order valence-corrected chi connectivity index (χ0v) is 17.0. The van der Waals surface area contributed by atoms with Gasteiger partial charge in [-0.15, -0.1) is 0 Å². The molecule has 0 fully saturated rings. The number of ether oxygens (including phenoxy) is 2. The van der Waals surface area contributed by atoms with Crippen LogP contribution in [0.15, 0.2) is 48.5 Å². The molecule has 6 heteroatoms. The number of aryl methyl sites for hydroxylation is 1. The molecule has 1 heterocycles. The van der Waals surface area contributed by atoms with Crippen molar-refractivity contribution in [1.82, 2.24) is 10.2 Å². The molecule has 29 heavy (non-hydrogen) atoms. The molecule has 1 N–H and O–H groups in total. The van der Waals surface area contributed by atoms with Crippen LogP contribution in [0.2, 0.25) is 0 Å². The second kappa shape index (κ2) is 9.96. The van der Waals surface area contributed by atoms with Gasteiger partial charge in [0.2, 0.25) is 11.8 Å². The van der Waals surface area contributed by atoms with E-state index >= 15 is 0 Å². The summed E-state index contributed by atoms with van der Waals surface area (Å²) in [6.45, 7) is 3.42. The maximum atomic E-state index is 13.1. The zero-order chi connectivity index (χ0) is 20.6. The Kier molecular flexibility index (Phi) is 7.11. The van der Waals surface area contributed by atoms with E-state index in [2.05, 4.69) is 5.32 Å². The number of rotatable bonds is 8. The predicted molar refractivity (Wildman–Crippen MR) is 111 cm³/mol. The van der Waals surface area contributed by atoms with Crippen LogP contribution in [-0.4, -0.2) is 43.0 Å². The molecular weight excluding hydrogens is 368 g/mol. The van der Waals surface area contributed by atoms with Gasteiger partial charge in [0.15, 0.2) is 11.5 Å². The number of carbonyl (C=O) groups excluding carboxylic acids is 2. The first-order valence-corrected chi connectivity index (χ1v) is 10.1. The highest BCUT2D eigenvalue weighted by atomic mass is 16.6. The Labute approximate surface area is 171 Å². The van der Waals surface area contributed by atoms with Crippen molar-refractivity contribution in [3.05, 3.63) is 59.7 Å². The third-order valence-corrected chi connectivity index (χ3v) is 5.06. The van der Waals surface area contributed by atoms with E-state index in [-0.39, 0.29) is 11.8 Å². The lowest BCUT2D eigenvalue weighted by Crippen LogP contribution is -2.48. The van der Waals surface area contributed by atoms with Crippen molar-refractivity contribution in [2.24, 2.45) is 0 Å². The molecule has 0 saturated carbocycles. The summed E-state index contributed by atoms with van der Waals surface area (Å²) in [7, 11) is 1.60. The summed E-state index contributed by atoms with van der Waals surface area (Å²) in [6, 6.07) is 15.0. The Morgan fingerprint density at radius 2 is 1.76 bits per heavy atom. The lowest BCUT2D eigenvalue weighted by molar-refractivity contribution is -0.141. The molecule has 0 saturated heterocycles. The molecular formula is C23H28N2O4. The van der Waals surface area contributed by atoms with Crippen LogP contribution in [0.1, 0.15) is 30.9 Å². The summed E-state index contributed by atoms with van der Waals surface area (Å²) in [6.07, 6.45) is 1.45. The number of nitrogens with one attached hydrogen (secondary N) is 1. The normalized spacial score (nSPS) is 13.4. The monoisotopic (exact) mass is 396 g/mol. The van der Waals surface area contributed by atoms with Crippen LogP contribution < -0.4 is 14.8 Å². The predicted octanol–water partition coefficient (Wildman–Crippen LogP) is 2.94. The van der Waals surface area contributed by atoms with E-state index in [0.29, 0.717) is 39.0 Å². The summed E-state index contributed by atoms with van der Waals surface area (Å²) >= 11 is 0. The summed E-state index contributed by atoms with van der Waals surface area (Å²) in [5.74, 6) is 1.28. The minimum atomic E-state index is -0.493. The topological polar surface area (TPSA) is 67.9 Å². The highest BCUT2D eigenvalue weighted by Gasteiger charge is 2.27. The standard InChI is InChI=1S/C23H28N2O4/c1-3-19(23(27)24-2)25(16-18-7-5-4-6-8-18)22(26)12-10-17-9-11-20-21(15-17)29-14-13-28-20/h4-9,11,15,19H,3,10,12-14,16H2,1-2H3,(H,24,27). The molecule has 154 valence electrons. The Bertz CT molecular complexity index is 838. The largest absolute Gasteiger partial charge is 0.486 e. The summed E-state index contributed by atoms with van der Waals surface area (Å²) in [4.78, 5) is 27.2. The molecule has 0 spiro atoms. The van der Waals surface area contributed by atoms with Crippen LogP contribution in [-0.2, 0) is 22.6 Å². The first kappa shape index (κ1) is 20.7. The fourth-order valence-corrected chi connectivity index (χ4v) is 3.50. The van der Waals surface area contributed by atoms with Gasteiger partial charge >= 0.3 is 0 Å². The maximum absolute atomic E-state index is 13.1. The van der Waals surface area contributed by atoms with E-state index in [1.165, 1.54) is 0 Å². The van der Waals surface area contributed by atoms with Gasteiger partial charge in [-0.25, -0.2) is 0 Å². The molecule has 1 aliphatic rings. The minimum absolute atomic E-state index is 0.0424. The smallest absolute Gasteiger partial charge is 0.242 e. The molecule has 0 radical (unpaired) electrons. The van der Waals surface area contributed by atoms with Gasteiger partial charge in [0.25, 0.3) is 0 Å². The Balaban J connectivity index is 1.72. The SMILES string of the molecule is CCC(C(=O)NC)N(Cc1ccccc1)C(=O)CCc1ccc2c(c1)OCCO2. The maximum Gasteiger partial charge on any atom is 0.242 e. The lowest BCUT2D eigenvalue weighted by atomic mass is 10.1. The van der Waals surface area contributed by atoms with Gasteiger partial charge in [-0.1, -0.05) is 43.3 Å². The highest BCUT2D eigenvalue weighted by molar-refractivity contribution is 5.87. The second-order valence-corrected chi connectivity index (χ2v) is 7.02. The first-order chi connectivity index (χ1) is 14.1. The van der Waals surface area contributed by atoms with Crippen LogP contribution in [0, 0.1) is 0 Å². The van der Waals surface area contributed by atoms with Crippen LogP contribution >= 0.6 is 0 Å². The molecule has 0 aromatic heterocycles. The molecule has 2 aromatic carbocycles. The number of benzene rings is 2. The number of carbonyl (C=O) groups is 2. The molecule has 2 amide bonds. The Morgan fingerprint density at radius 1 is 1.03 bits per heavy atom. The van der Waals surface area contributed by atoms with E-state index in [9.17, 15) is 9.59 Å². The van der Waals surface area contributed by atoms with Gasteiger partial charge in [0.1, 0.15) is 19.3 Å². The van der Waals surface area contributed by atoms with E-state index in [1.807, 2.05) is 55.5 Å². The molecule has 6 nitrogen and oxygen atoms in total. The molecule has 1 atom stereocenters. The number of amides is 2. The summed E-state index contributed by atoms with van der Waals surface area (Å²) in [5, 5.41) is 2.68. The van der Waals surface area contributed by atoms with E-state index < -0.39 is 6.04 Å². The first-order valence-electron chi connectivity index (χ1n) is 10.1. The van der Waals surface area contributed by atoms with Crippen molar-refractivity contribution in [3.8, 4) is 11.5 Å². The third-order valence-electron chi connectivity index (χ3n) is 5.06. The highest BCUT2D eigenvalue weighted by Crippen LogP contribution is 2.31. The Morgan fingerprint density at radius 3 is 2.45 bits per heavy atom. The van der Waals surface area contributed by atoms with Crippen LogP contribution in [0.25, 0.3) is 0 Å². The molecule has 3 rings (SSSR count). The van der Waals surface area contributed by atoms with Gasteiger partial charge in [0, 0.05) is 20.0 Å². The lowest BCUT2D eigenvalue weighted by Gasteiger charge is -2.30. The molecule has 0 bridgehead atoms. The van der Waals surface area contributed by atoms with Crippen molar-refractivity contribution >= 4 is 11.8 Å². The number of hydrogen-bond acceptors (Lipinski definition) is 4. The molecule has 2 aromatic rings. The molecule has 1 unspecified atom stereocenters. The average molecular weight is 396 g/mol. The van der Waals surface area contributed by atoms with Gasteiger partial charge < -0.3 is 19.7 Å². The van der Waals surface area contributed by atoms with Crippen molar-refractivity contribution < 1.29 is 19.1 Å². The fourth-order valence-electron chi connectivity index (χ4n) is 3.50. The van der Waals surface area contributed by atoms with E-state index in [4.69, 9.17) is 9.47 Å². The number of hydrogen-bond donors (Lipinski definition) is 1. The number of fused-ring (bicyclic) bond motifs is 1. The fraction of sp³-hybridized carbons (Fsp3) is 0.391. The van der Waals surface area contributed by atoms with Crippen LogP contribution in [0.3, 0.4) is 0 Å². The quantitative estimate of drug-likeness (QED) is 0.745. The average Bonchev–Trinajstić information content (AvgIpc) is 2.77. The van der Waals surface area contributed by atoms with E-state index in [0.717, 1.165) is 22.6 Å².